The van der Waals surface area contributed by atoms with E-state index in [1.54, 1.807) is 49.4 Å². The van der Waals surface area contributed by atoms with Crippen molar-refractivity contribution in [2.24, 2.45) is 0 Å². The normalized spacial score (nSPS) is 14.1. The molecule has 152 valence electrons. The molecule has 0 unspecified atom stereocenters. The Balaban J connectivity index is 2.01. The third kappa shape index (κ3) is 4.22. The molecule has 1 heterocycles. The number of nitrogens with one attached hydrogen (secondary N) is 1. The van der Waals surface area contributed by atoms with Gasteiger partial charge in [-0.1, -0.05) is 23.7 Å². The van der Waals surface area contributed by atoms with E-state index >= 15 is 0 Å². The first-order chi connectivity index (χ1) is 13.8. The number of hydrogen-bond donors (Lipinski definition) is 1. The largest absolute Gasteiger partial charge is 0.495 e. The van der Waals surface area contributed by atoms with Gasteiger partial charge in [-0.2, -0.15) is 0 Å². The fourth-order valence-corrected chi connectivity index (χ4v) is 3.37. The second-order valence-electron chi connectivity index (χ2n) is 6.77. The van der Waals surface area contributed by atoms with Crippen molar-refractivity contribution in [3.8, 4) is 11.5 Å². The van der Waals surface area contributed by atoms with Gasteiger partial charge < -0.3 is 14.8 Å². The van der Waals surface area contributed by atoms with Crippen LogP contribution in [-0.2, 0) is 9.59 Å². The van der Waals surface area contributed by atoms with E-state index < -0.39 is 0 Å². The van der Waals surface area contributed by atoms with E-state index in [0.717, 1.165) is 0 Å². The van der Waals surface area contributed by atoms with Gasteiger partial charge in [-0.05, 0) is 56.7 Å². The Hall–Kier alpha value is -2.99. The average molecular weight is 415 g/mol. The van der Waals surface area contributed by atoms with Gasteiger partial charge in [0.05, 0.1) is 23.8 Å². The Labute approximate surface area is 175 Å². The van der Waals surface area contributed by atoms with Gasteiger partial charge in [-0.25, -0.2) is 0 Å². The van der Waals surface area contributed by atoms with Gasteiger partial charge >= 0.3 is 0 Å². The molecule has 0 radical (unpaired) electrons. The van der Waals surface area contributed by atoms with Crippen molar-refractivity contribution >= 4 is 34.7 Å². The fourth-order valence-electron chi connectivity index (χ4n) is 3.11. The molecule has 0 atom stereocenters. The predicted molar refractivity (Wildman–Crippen MR) is 113 cm³/mol. The standard InChI is InChI=1S/C22H23ClN2O4/c1-5-25-21(26)19(14-6-9-16(10-7-14)29-13(2)3)20(22(25)27)24-15-8-11-18(28-4)17(23)12-15/h6-13,24H,5H2,1-4H3. The molecule has 0 spiro atoms. The summed E-state index contributed by atoms with van der Waals surface area (Å²) in [6, 6.07) is 12.2. The first-order valence-electron chi connectivity index (χ1n) is 9.33. The van der Waals surface area contributed by atoms with E-state index in [2.05, 4.69) is 5.32 Å². The van der Waals surface area contributed by atoms with Crippen LogP contribution in [0, 0.1) is 0 Å². The van der Waals surface area contributed by atoms with E-state index in [4.69, 9.17) is 21.1 Å². The van der Waals surface area contributed by atoms with E-state index in [0.29, 0.717) is 33.3 Å². The molecule has 0 saturated carbocycles. The third-order valence-electron chi connectivity index (χ3n) is 4.42. The summed E-state index contributed by atoms with van der Waals surface area (Å²) >= 11 is 6.19. The van der Waals surface area contributed by atoms with Crippen LogP contribution in [0.15, 0.2) is 48.2 Å². The predicted octanol–water partition coefficient (Wildman–Crippen LogP) is 4.35. The van der Waals surface area contributed by atoms with Crippen LogP contribution in [0.4, 0.5) is 5.69 Å². The lowest BCUT2D eigenvalue weighted by Crippen LogP contribution is -2.32. The van der Waals surface area contributed by atoms with E-state index in [1.165, 1.54) is 12.0 Å². The van der Waals surface area contributed by atoms with Crippen LogP contribution in [0.25, 0.3) is 5.57 Å². The zero-order valence-electron chi connectivity index (χ0n) is 16.8. The van der Waals surface area contributed by atoms with Crippen molar-refractivity contribution in [2.45, 2.75) is 26.9 Å². The lowest BCUT2D eigenvalue weighted by Gasteiger charge is -2.12. The molecule has 29 heavy (non-hydrogen) atoms. The summed E-state index contributed by atoms with van der Waals surface area (Å²) in [6.07, 6.45) is 0.0439. The summed E-state index contributed by atoms with van der Waals surface area (Å²) in [5, 5.41) is 3.47. The number of likely N-dealkylation sites (N-methyl/N-ethyl adjacent to an activating group) is 1. The average Bonchev–Trinajstić information content (AvgIpc) is 2.91. The number of imide groups is 1. The van der Waals surface area contributed by atoms with Crippen molar-refractivity contribution in [3.05, 3.63) is 58.7 Å². The minimum Gasteiger partial charge on any atom is -0.495 e. The Morgan fingerprint density at radius 3 is 2.31 bits per heavy atom. The van der Waals surface area contributed by atoms with Crippen molar-refractivity contribution in [1.82, 2.24) is 4.90 Å². The van der Waals surface area contributed by atoms with Crippen LogP contribution in [-0.4, -0.2) is 36.5 Å². The lowest BCUT2D eigenvalue weighted by molar-refractivity contribution is -0.136. The van der Waals surface area contributed by atoms with E-state index in [9.17, 15) is 9.59 Å². The molecule has 6 nitrogen and oxygen atoms in total. The quantitative estimate of drug-likeness (QED) is 0.682. The van der Waals surface area contributed by atoms with Gasteiger partial charge in [0.15, 0.2) is 0 Å². The Morgan fingerprint density at radius 1 is 1.07 bits per heavy atom. The van der Waals surface area contributed by atoms with Gasteiger partial charge in [-0.3, -0.25) is 14.5 Å². The van der Waals surface area contributed by atoms with Gasteiger partial charge in [0.2, 0.25) is 0 Å². The molecule has 2 aromatic carbocycles. The maximum atomic E-state index is 12.9. The number of hydrogen-bond acceptors (Lipinski definition) is 5. The molecule has 1 aliphatic heterocycles. The number of carbonyl (C=O) groups is 2. The summed E-state index contributed by atoms with van der Waals surface area (Å²) in [5.74, 6) is 0.514. The summed E-state index contributed by atoms with van der Waals surface area (Å²) in [6.45, 7) is 5.93. The number of anilines is 1. The highest BCUT2D eigenvalue weighted by Crippen LogP contribution is 2.33. The number of amides is 2. The minimum atomic E-state index is -0.373. The van der Waals surface area contributed by atoms with E-state index in [-0.39, 0.29) is 30.2 Å². The molecule has 2 amide bonds. The number of rotatable bonds is 7. The van der Waals surface area contributed by atoms with Crippen LogP contribution < -0.4 is 14.8 Å². The zero-order chi connectivity index (χ0) is 21.1. The van der Waals surface area contributed by atoms with Crippen molar-refractivity contribution in [2.75, 3.05) is 19.0 Å². The highest BCUT2D eigenvalue weighted by atomic mass is 35.5. The molecular formula is C22H23ClN2O4. The maximum absolute atomic E-state index is 12.9. The SMILES string of the molecule is CCN1C(=O)C(Nc2ccc(OC)c(Cl)c2)=C(c2ccc(OC(C)C)cc2)C1=O. The van der Waals surface area contributed by atoms with Gasteiger partial charge in [0.1, 0.15) is 17.2 Å². The number of halogens is 1. The monoisotopic (exact) mass is 414 g/mol. The highest BCUT2D eigenvalue weighted by molar-refractivity contribution is 6.36. The lowest BCUT2D eigenvalue weighted by atomic mass is 10.0. The number of nitrogens with zero attached hydrogens (tertiary/aromatic N) is 1. The fraction of sp³-hybridized carbons (Fsp3) is 0.273. The van der Waals surface area contributed by atoms with Gasteiger partial charge in [0.25, 0.3) is 11.8 Å². The van der Waals surface area contributed by atoms with Gasteiger partial charge in [0, 0.05) is 12.2 Å². The summed E-state index contributed by atoms with van der Waals surface area (Å²) < 4.78 is 10.8. The third-order valence-corrected chi connectivity index (χ3v) is 4.72. The topological polar surface area (TPSA) is 67.9 Å². The van der Waals surface area contributed by atoms with E-state index in [1.807, 2.05) is 13.8 Å². The van der Waals surface area contributed by atoms with Crippen LogP contribution in [0.3, 0.4) is 0 Å². The molecule has 0 fully saturated rings. The maximum Gasteiger partial charge on any atom is 0.278 e. The van der Waals surface area contributed by atoms with Crippen LogP contribution >= 0.6 is 11.6 Å². The number of methoxy groups -OCH3 is 1. The number of benzene rings is 2. The molecule has 1 aliphatic rings. The molecule has 1 N–H and O–H groups in total. The molecule has 3 rings (SSSR count). The first-order valence-corrected chi connectivity index (χ1v) is 9.71. The molecule has 0 aliphatic carbocycles. The summed E-state index contributed by atoms with van der Waals surface area (Å²) in [7, 11) is 1.53. The summed E-state index contributed by atoms with van der Waals surface area (Å²) in [5.41, 5.74) is 1.76. The Bertz CT molecular complexity index is 967. The second kappa shape index (κ2) is 8.57. The number of ether oxygens (including phenoxy) is 2. The molecule has 0 bridgehead atoms. The van der Waals surface area contributed by atoms with Gasteiger partial charge in [-0.15, -0.1) is 0 Å². The zero-order valence-corrected chi connectivity index (χ0v) is 17.5. The highest BCUT2D eigenvalue weighted by Gasteiger charge is 2.38. The summed E-state index contributed by atoms with van der Waals surface area (Å²) in [4.78, 5) is 27.0. The Morgan fingerprint density at radius 2 is 1.76 bits per heavy atom. The van der Waals surface area contributed by atoms with Crippen LogP contribution in [0.1, 0.15) is 26.3 Å². The molecule has 7 heteroatoms. The molecule has 0 aromatic heterocycles. The smallest absolute Gasteiger partial charge is 0.278 e. The van der Waals surface area contributed by atoms with Crippen LogP contribution in [0.5, 0.6) is 11.5 Å². The van der Waals surface area contributed by atoms with Crippen LogP contribution in [0.2, 0.25) is 5.02 Å². The Kier molecular flexibility index (Phi) is 6.13. The first kappa shape index (κ1) is 20.7. The second-order valence-corrected chi connectivity index (χ2v) is 7.18. The number of carbonyl (C=O) groups excluding carboxylic acids is 2. The molecule has 2 aromatic rings. The minimum absolute atomic E-state index is 0.0439. The van der Waals surface area contributed by atoms with Crippen molar-refractivity contribution in [1.29, 1.82) is 0 Å². The van der Waals surface area contributed by atoms with Crippen molar-refractivity contribution in [3.63, 3.8) is 0 Å². The molecular weight excluding hydrogens is 392 g/mol. The van der Waals surface area contributed by atoms with Crippen molar-refractivity contribution < 1.29 is 19.1 Å². The molecule has 0 saturated heterocycles.